The molecule has 1 aliphatic carbocycles. The van der Waals surface area contributed by atoms with Gasteiger partial charge in [0.05, 0.1) is 6.33 Å². The van der Waals surface area contributed by atoms with Gasteiger partial charge in [-0.2, -0.15) is 0 Å². The summed E-state index contributed by atoms with van der Waals surface area (Å²) in [7, 11) is 0. The Morgan fingerprint density at radius 2 is 1.70 bits per heavy atom. The van der Waals surface area contributed by atoms with Gasteiger partial charge in [-0.05, 0) is 28.7 Å². The lowest BCUT2D eigenvalue weighted by molar-refractivity contribution is -0.137. The van der Waals surface area contributed by atoms with Gasteiger partial charge in [0.1, 0.15) is 12.9 Å². The first-order valence-electron chi connectivity index (χ1n) is 10.6. The Hall–Kier alpha value is -4.27. The number of benzene rings is 2. The highest BCUT2D eigenvalue weighted by Crippen LogP contribution is 2.44. The Balaban J connectivity index is 1.28. The van der Waals surface area contributed by atoms with Gasteiger partial charge in [-0.3, -0.25) is 10.1 Å². The first kappa shape index (κ1) is 20.6. The smallest absolute Gasteiger partial charge is 0.412 e. The minimum atomic E-state index is -0.855. The van der Waals surface area contributed by atoms with Crippen LogP contribution < -0.4 is 5.32 Å². The Labute approximate surface area is 189 Å². The van der Waals surface area contributed by atoms with Gasteiger partial charge in [0.15, 0.2) is 17.0 Å². The van der Waals surface area contributed by atoms with E-state index in [4.69, 9.17) is 9.84 Å². The maximum absolute atomic E-state index is 12.6. The number of nitrogens with one attached hydrogen (secondary N) is 1. The Morgan fingerprint density at radius 1 is 1.00 bits per heavy atom. The number of hydrogen-bond acceptors (Lipinski definition) is 6. The van der Waals surface area contributed by atoms with Crippen molar-refractivity contribution in [3.63, 3.8) is 0 Å². The van der Waals surface area contributed by atoms with Crippen LogP contribution in [0.1, 0.15) is 29.9 Å². The molecule has 9 heteroatoms. The van der Waals surface area contributed by atoms with E-state index in [1.54, 1.807) is 10.9 Å². The number of aryl methyl sites for hydroxylation is 1. The van der Waals surface area contributed by atoms with E-state index in [-0.39, 0.29) is 24.8 Å². The molecule has 2 aromatic heterocycles. The fraction of sp³-hybridized carbons (Fsp3) is 0.208. The van der Waals surface area contributed by atoms with Crippen molar-refractivity contribution in [1.29, 1.82) is 0 Å². The lowest BCUT2D eigenvalue weighted by Gasteiger charge is -2.14. The second-order valence-corrected chi connectivity index (χ2v) is 7.78. The fourth-order valence-electron chi connectivity index (χ4n) is 4.27. The van der Waals surface area contributed by atoms with Crippen LogP contribution in [0.5, 0.6) is 0 Å². The van der Waals surface area contributed by atoms with Crippen LogP contribution in [0.25, 0.3) is 22.3 Å². The van der Waals surface area contributed by atoms with Gasteiger partial charge in [0.25, 0.3) is 0 Å². The molecule has 0 bridgehead atoms. The lowest BCUT2D eigenvalue weighted by Crippen LogP contribution is -2.18. The lowest BCUT2D eigenvalue weighted by atomic mass is 9.98. The van der Waals surface area contributed by atoms with Gasteiger partial charge < -0.3 is 14.4 Å². The average molecular weight is 443 g/mol. The van der Waals surface area contributed by atoms with Crippen molar-refractivity contribution >= 4 is 29.0 Å². The van der Waals surface area contributed by atoms with Crippen molar-refractivity contribution in [2.75, 3.05) is 11.9 Å². The number of carboxylic acid groups (broad SMARTS) is 1. The molecule has 2 N–H and O–H groups in total. The number of hydrogen-bond donors (Lipinski definition) is 2. The maximum Gasteiger partial charge on any atom is 0.412 e. The molecule has 0 spiro atoms. The zero-order valence-electron chi connectivity index (χ0n) is 17.6. The summed E-state index contributed by atoms with van der Waals surface area (Å²) in [6, 6.07) is 16.3. The van der Waals surface area contributed by atoms with Crippen molar-refractivity contribution < 1.29 is 19.4 Å². The molecule has 0 atom stereocenters. The van der Waals surface area contributed by atoms with Gasteiger partial charge >= 0.3 is 12.1 Å². The summed E-state index contributed by atoms with van der Waals surface area (Å²) in [5, 5.41) is 11.5. The van der Waals surface area contributed by atoms with Crippen LogP contribution in [-0.4, -0.2) is 43.3 Å². The third-order valence-corrected chi connectivity index (χ3v) is 5.76. The van der Waals surface area contributed by atoms with Crippen LogP contribution in [0.4, 0.5) is 10.6 Å². The Morgan fingerprint density at radius 3 is 2.39 bits per heavy atom. The SMILES string of the molecule is O=C(O)CCCn1cnc2c(NC(=O)OCC3c4ccccc4-c4ccccc43)ncnc21. The van der Waals surface area contributed by atoms with Crippen LogP contribution in [0.3, 0.4) is 0 Å². The number of aliphatic carboxylic acids is 1. The predicted molar refractivity (Wildman–Crippen MR) is 121 cm³/mol. The summed E-state index contributed by atoms with van der Waals surface area (Å²) < 4.78 is 7.32. The summed E-state index contributed by atoms with van der Waals surface area (Å²) in [5.74, 6) is -0.650. The standard InChI is InChI=1S/C24H21N5O4/c30-20(31)10-5-11-29-14-27-21-22(25-13-26-23(21)29)28-24(32)33-12-19-17-8-3-1-6-15(17)16-7-2-4-9-18(16)19/h1-4,6-9,13-14,19H,5,10-12H2,(H,30,31)(H,25,26,28,32). The second-order valence-electron chi connectivity index (χ2n) is 7.78. The molecular weight excluding hydrogens is 422 g/mol. The third-order valence-electron chi connectivity index (χ3n) is 5.76. The monoisotopic (exact) mass is 443 g/mol. The van der Waals surface area contributed by atoms with Gasteiger partial charge in [-0.25, -0.2) is 19.7 Å². The maximum atomic E-state index is 12.6. The number of ether oxygens (including phenoxy) is 1. The molecule has 5 rings (SSSR count). The van der Waals surface area contributed by atoms with E-state index in [1.807, 2.05) is 24.3 Å². The molecule has 0 saturated heterocycles. The molecule has 4 aromatic rings. The number of carboxylic acids is 1. The molecule has 0 saturated carbocycles. The summed E-state index contributed by atoms with van der Waals surface area (Å²) >= 11 is 0. The molecule has 1 aliphatic rings. The average Bonchev–Trinajstić information content (AvgIpc) is 3.37. The Kier molecular flexibility index (Phi) is 5.43. The minimum Gasteiger partial charge on any atom is -0.481 e. The highest BCUT2D eigenvalue weighted by Gasteiger charge is 2.29. The summed E-state index contributed by atoms with van der Waals surface area (Å²) in [6.45, 7) is 0.641. The van der Waals surface area contributed by atoms with Gasteiger partial charge in [0, 0.05) is 18.9 Å². The van der Waals surface area contributed by atoms with Crippen molar-refractivity contribution in [2.45, 2.75) is 25.3 Å². The molecule has 0 unspecified atom stereocenters. The van der Waals surface area contributed by atoms with E-state index in [1.165, 1.54) is 6.33 Å². The van der Waals surface area contributed by atoms with Gasteiger partial charge in [-0.1, -0.05) is 48.5 Å². The summed E-state index contributed by atoms with van der Waals surface area (Å²) in [5.41, 5.74) is 5.53. The molecule has 0 aliphatic heterocycles. The number of aromatic nitrogens is 4. The molecule has 0 fully saturated rings. The molecule has 166 valence electrons. The van der Waals surface area contributed by atoms with Crippen LogP contribution in [0, 0.1) is 0 Å². The van der Waals surface area contributed by atoms with Crippen molar-refractivity contribution in [3.8, 4) is 11.1 Å². The zero-order chi connectivity index (χ0) is 22.8. The molecule has 33 heavy (non-hydrogen) atoms. The number of carbonyl (C=O) groups excluding carboxylic acids is 1. The number of amides is 1. The first-order chi connectivity index (χ1) is 16.1. The number of anilines is 1. The van der Waals surface area contributed by atoms with Crippen LogP contribution in [-0.2, 0) is 16.1 Å². The van der Waals surface area contributed by atoms with Crippen LogP contribution in [0.2, 0.25) is 0 Å². The number of nitrogens with zero attached hydrogens (tertiary/aromatic N) is 4. The van der Waals surface area contributed by atoms with Gasteiger partial charge in [-0.15, -0.1) is 0 Å². The number of carbonyl (C=O) groups is 2. The predicted octanol–water partition coefficient (Wildman–Crippen LogP) is 4.05. The van der Waals surface area contributed by atoms with E-state index in [2.05, 4.69) is 44.5 Å². The normalized spacial score (nSPS) is 12.4. The van der Waals surface area contributed by atoms with E-state index in [9.17, 15) is 9.59 Å². The summed E-state index contributed by atoms with van der Waals surface area (Å²) in [6.07, 6.45) is 2.76. The third kappa shape index (κ3) is 4.00. The fourth-order valence-corrected chi connectivity index (χ4v) is 4.27. The van der Waals surface area contributed by atoms with E-state index in [0.29, 0.717) is 24.1 Å². The van der Waals surface area contributed by atoms with Crippen molar-refractivity contribution in [1.82, 2.24) is 19.5 Å². The second kappa shape index (κ2) is 8.70. The Bertz CT molecular complexity index is 1300. The summed E-state index contributed by atoms with van der Waals surface area (Å²) in [4.78, 5) is 36.0. The van der Waals surface area contributed by atoms with E-state index in [0.717, 1.165) is 22.3 Å². The highest BCUT2D eigenvalue weighted by atomic mass is 16.5. The molecule has 9 nitrogen and oxygen atoms in total. The van der Waals surface area contributed by atoms with Gasteiger partial charge in [0.2, 0.25) is 0 Å². The van der Waals surface area contributed by atoms with E-state index < -0.39 is 12.1 Å². The molecule has 0 radical (unpaired) electrons. The molecule has 1 amide bonds. The van der Waals surface area contributed by atoms with Crippen LogP contribution in [0.15, 0.2) is 61.2 Å². The van der Waals surface area contributed by atoms with Crippen LogP contribution >= 0.6 is 0 Å². The molecule has 2 aromatic carbocycles. The topological polar surface area (TPSA) is 119 Å². The largest absolute Gasteiger partial charge is 0.481 e. The highest BCUT2D eigenvalue weighted by molar-refractivity contribution is 5.93. The molecule has 2 heterocycles. The molecular formula is C24H21N5O4. The quantitative estimate of drug-likeness (QED) is 0.442. The van der Waals surface area contributed by atoms with E-state index >= 15 is 0 Å². The van der Waals surface area contributed by atoms with Crippen molar-refractivity contribution in [3.05, 3.63) is 72.3 Å². The number of imidazole rings is 1. The number of fused-ring (bicyclic) bond motifs is 4. The van der Waals surface area contributed by atoms with Crippen molar-refractivity contribution in [2.24, 2.45) is 0 Å². The zero-order valence-corrected chi connectivity index (χ0v) is 17.6. The minimum absolute atomic E-state index is 0.0398. The first-order valence-corrected chi connectivity index (χ1v) is 10.6. The number of rotatable bonds is 7.